The van der Waals surface area contributed by atoms with Crippen LogP contribution in [0.4, 0.5) is 0 Å². The number of ether oxygens (including phenoxy) is 1. The van der Waals surface area contributed by atoms with Gasteiger partial charge in [-0.25, -0.2) is 0 Å². The quantitative estimate of drug-likeness (QED) is 0.483. The summed E-state index contributed by atoms with van der Waals surface area (Å²) in [6.45, 7) is 2.16. The van der Waals surface area contributed by atoms with Crippen molar-refractivity contribution >= 4 is 35.2 Å². The van der Waals surface area contributed by atoms with E-state index in [0.717, 1.165) is 42.6 Å². The van der Waals surface area contributed by atoms with Gasteiger partial charge in [-0.2, -0.15) is 0 Å². The maximum atomic E-state index is 13.2. The van der Waals surface area contributed by atoms with Crippen molar-refractivity contribution in [2.24, 2.45) is 0 Å². The smallest absolute Gasteiger partial charge is 0.242 e. The SMILES string of the molecule is COc1ccc(CSCC(=O)N(Cc2cccc(Cl)c2)[C@@H](C)C(=O)NC2CCCCC2)cc1. The second-order valence-corrected chi connectivity index (χ2v) is 9.93. The number of hydrogen-bond acceptors (Lipinski definition) is 4. The van der Waals surface area contributed by atoms with E-state index in [1.165, 1.54) is 6.42 Å². The summed E-state index contributed by atoms with van der Waals surface area (Å²) in [5.41, 5.74) is 2.03. The molecule has 0 aliphatic heterocycles. The third-order valence-corrected chi connectivity index (χ3v) is 7.24. The lowest BCUT2D eigenvalue weighted by Gasteiger charge is -2.31. The van der Waals surface area contributed by atoms with Gasteiger partial charge < -0.3 is 15.0 Å². The summed E-state index contributed by atoms with van der Waals surface area (Å²) >= 11 is 7.70. The summed E-state index contributed by atoms with van der Waals surface area (Å²) < 4.78 is 5.20. The molecule has 1 fully saturated rings. The number of carbonyl (C=O) groups excluding carboxylic acids is 2. The predicted molar refractivity (Wildman–Crippen MR) is 136 cm³/mol. The fraction of sp³-hybridized carbons (Fsp3) is 0.462. The molecule has 7 heteroatoms. The molecule has 5 nitrogen and oxygen atoms in total. The zero-order valence-electron chi connectivity index (χ0n) is 19.4. The lowest BCUT2D eigenvalue weighted by atomic mass is 9.95. The van der Waals surface area contributed by atoms with Gasteiger partial charge in [0.05, 0.1) is 12.9 Å². The van der Waals surface area contributed by atoms with Crippen molar-refractivity contribution in [1.29, 1.82) is 0 Å². The Hall–Kier alpha value is -2.18. The molecule has 1 N–H and O–H groups in total. The van der Waals surface area contributed by atoms with Crippen LogP contribution >= 0.6 is 23.4 Å². The predicted octanol–water partition coefficient (Wildman–Crippen LogP) is 5.45. The molecule has 1 aliphatic rings. The number of halogens is 1. The zero-order valence-corrected chi connectivity index (χ0v) is 21.0. The van der Waals surface area contributed by atoms with Crippen molar-refractivity contribution in [2.45, 2.75) is 63.4 Å². The minimum atomic E-state index is -0.556. The Morgan fingerprint density at radius 3 is 2.52 bits per heavy atom. The second kappa shape index (κ2) is 12.9. The molecule has 0 heterocycles. The van der Waals surface area contributed by atoms with Gasteiger partial charge >= 0.3 is 0 Å². The standard InChI is InChI=1S/C26H33ClN2O3S/c1-19(26(31)28-23-9-4-3-5-10-23)29(16-21-7-6-8-22(27)15-21)25(30)18-33-17-20-11-13-24(32-2)14-12-20/h6-8,11-15,19,23H,3-5,9-10,16-18H2,1-2H3,(H,28,31)/t19-/m0/s1. The van der Waals surface area contributed by atoms with Gasteiger partial charge in [0.1, 0.15) is 11.8 Å². The molecule has 1 atom stereocenters. The van der Waals surface area contributed by atoms with E-state index in [4.69, 9.17) is 16.3 Å². The molecule has 0 radical (unpaired) electrons. The monoisotopic (exact) mass is 488 g/mol. The molecule has 178 valence electrons. The zero-order chi connectivity index (χ0) is 23.6. The van der Waals surface area contributed by atoms with Crippen LogP contribution in [0.3, 0.4) is 0 Å². The van der Waals surface area contributed by atoms with Gasteiger partial charge in [0.2, 0.25) is 11.8 Å². The summed E-state index contributed by atoms with van der Waals surface area (Å²) in [6.07, 6.45) is 5.54. The van der Waals surface area contributed by atoms with Crippen LogP contribution in [0, 0.1) is 0 Å². The summed E-state index contributed by atoms with van der Waals surface area (Å²) in [4.78, 5) is 27.9. The Kier molecular flexibility index (Phi) is 9.95. The molecule has 0 aromatic heterocycles. The maximum Gasteiger partial charge on any atom is 0.242 e. The maximum absolute atomic E-state index is 13.2. The number of rotatable bonds is 10. The van der Waals surface area contributed by atoms with Crippen LogP contribution in [0.1, 0.15) is 50.2 Å². The van der Waals surface area contributed by atoms with Crippen molar-refractivity contribution in [2.75, 3.05) is 12.9 Å². The fourth-order valence-corrected chi connectivity index (χ4v) is 5.13. The van der Waals surface area contributed by atoms with Crippen LogP contribution in [0.5, 0.6) is 5.75 Å². The van der Waals surface area contributed by atoms with Crippen LogP contribution in [0.25, 0.3) is 0 Å². The topological polar surface area (TPSA) is 58.6 Å². The molecular weight excluding hydrogens is 456 g/mol. The van der Waals surface area contributed by atoms with E-state index >= 15 is 0 Å². The number of benzene rings is 2. The van der Waals surface area contributed by atoms with Crippen LogP contribution < -0.4 is 10.1 Å². The van der Waals surface area contributed by atoms with Gasteiger partial charge in [-0.15, -0.1) is 11.8 Å². The Morgan fingerprint density at radius 1 is 1.12 bits per heavy atom. The number of carbonyl (C=O) groups is 2. The first kappa shape index (κ1) is 25.4. The van der Waals surface area contributed by atoms with Crippen LogP contribution in [-0.2, 0) is 21.9 Å². The number of nitrogens with zero attached hydrogens (tertiary/aromatic N) is 1. The summed E-state index contributed by atoms with van der Waals surface area (Å²) in [5, 5.41) is 3.78. The molecule has 0 bridgehead atoms. The van der Waals surface area contributed by atoms with Crippen molar-refractivity contribution in [1.82, 2.24) is 10.2 Å². The van der Waals surface area contributed by atoms with Crippen LogP contribution in [0.15, 0.2) is 48.5 Å². The molecule has 0 spiro atoms. The highest BCUT2D eigenvalue weighted by molar-refractivity contribution is 7.99. The third kappa shape index (κ3) is 7.97. The molecule has 0 saturated heterocycles. The summed E-state index contributed by atoms with van der Waals surface area (Å²) in [5.74, 6) is 1.68. The van der Waals surface area contributed by atoms with E-state index in [9.17, 15) is 9.59 Å². The van der Waals surface area contributed by atoms with Crippen LogP contribution in [-0.4, -0.2) is 41.7 Å². The van der Waals surface area contributed by atoms with E-state index in [-0.39, 0.29) is 17.9 Å². The van der Waals surface area contributed by atoms with E-state index in [1.807, 2.05) is 49.4 Å². The van der Waals surface area contributed by atoms with Gasteiger partial charge in [0.15, 0.2) is 0 Å². The second-order valence-electron chi connectivity index (χ2n) is 8.51. The molecule has 3 rings (SSSR count). The highest BCUT2D eigenvalue weighted by Gasteiger charge is 2.28. The summed E-state index contributed by atoms with van der Waals surface area (Å²) in [7, 11) is 1.64. The largest absolute Gasteiger partial charge is 0.497 e. The van der Waals surface area contributed by atoms with Crippen molar-refractivity contribution in [3.8, 4) is 5.75 Å². The third-order valence-electron chi connectivity index (χ3n) is 6.01. The van der Waals surface area contributed by atoms with E-state index in [2.05, 4.69) is 5.32 Å². The molecule has 2 aromatic rings. The lowest BCUT2D eigenvalue weighted by molar-refractivity contribution is -0.139. The molecule has 1 aliphatic carbocycles. The first-order valence-electron chi connectivity index (χ1n) is 11.5. The van der Waals surface area contributed by atoms with Crippen molar-refractivity contribution in [3.05, 3.63) is 64.7 Å². The lowest BCUT2D eigenvalue weighted by Crippen LogP contribution is -2.50. The molecule has 0 unspecified atom stereocenters. The van der Waals surface area contributed by atoms with Crippen LogP contribution in [0.2, 0.25) is 5.02 Å². The van der Waals surface area contributed by atoms with Crippen molar-refractivity contribution < 1.29 is 14.3 Å². The number of methoxy groups -OCH3 is 1. The van der Waals surface area contributed by atoms with Gasteiger partial charge in [-0.1, -0.05) is 55.1 Å². The van der Waals surface area contributed by atoms with Crippen molar-refractivity contribution in [3.63, 3.8) is 0 Å². The molecule has 33 heavy (non-hydrogen) atoms. The minimum absolute atomic E-state index is 0.0558. The molecule has 1 saturated carbocycles. The van der Waals surface area contributed by atoms with E-state index < -0.39 is 6.04 Å². The average molecular weight is 489 g/mol. The molecular formula is C26H33ClN2O3S. The highest BCUT2D eigenvalue weighted by Crippen LogP contribution is 2.21. The fourth-order valence-electron chi connectivity index (χ4n) is 4.04. The first-order valence-corrected chi connectivity index (χ1v) is 13.0. The normalized spacial score (nSPS) is 15.0. The summed E-state index contributed by atoms with van der Waals surface area (Å²) in [6, 6.07) is 14.9. The number of thioether (sulfide) groups is 1. The highest BCUT2D eigenvalue weighted by atomic mass is 35.5. The first-order chi connectivity index (χ1) is 16.0. The Balaban J connectivity index is 1.63. The number of hydrogen-bond donors (Lipinski definition) is 1. The minimum Gasteiger partial charge on any atom is -0.497 e. The Morgan fingerprint density at radius 2 is 1.85 bits per heavy atom. The van der Waals surface area contributed by atoms with Gasteiger partial charge in [-0.05, 0) is 55.2 Å². The molecule has 2 aromatic carbocycles. The van der Waals surface area contributed by atoms with E-state index in [1.54, 1.807) is 29.8 Å². The van der Waals surface area contributed by atoms with Gasteiger partial charge in [0.25, 0.3) is 0 Å². The number of amides is 2. The Bertz CT molecular complexity index is 916. The number of nitrogens with one attached hydrogen (secondary N) is 1. The van der Waals surface area contributed by atoms with Gasteiger partial charge in [0, 0.05) is 23.4 Å². The van der Waals surface area contributed by atoms with Gasteiger partial charge in [-0.3, -0.25) is 9.59 Å². The van der Waals surface area contributed by atoms with E-state index in [0.29, 0.717) is 23.1 Å². The average Bonchev–Trinajstić information content (AvgIpc) is 2.83. The Labute approximate surface area is 206 Å². The molecule has 2 amide bonds.